The van der Waals surface area contributed by atoms with E-state index in [1.165, 1.54) is 17.7 Å². The third-order valence-electron chi connectivity index (χ3n) is 4.21. The van der Waals surface area contributed by atoms with E-state index in [9.17, 15) is 8.42 Å². The fourth-order valence-electron chi connectivity index (χ4n) is 2.59. The first-order chi connectivity index (χ1) is 12.9. The van der Waals surface area contributed by atoms with Gasteiger partial charge in [-0.05, 0) is 60.0 Å². The van der Waals surface area contributed by atoms with Crippen molar-refractivity contribution in [2.24, 2.45) is 0 Å². The van der Waals surface area contributed by atoms with Crippen LogP contribution in [0.4, 0.5) is 5.69 Å². The SMILES string of the molecule is Cc1ccccc1COc1cccc(CNS(=O)(=O)c2ccc(N)cc2)c1. The summed E-state index contributed by atoms with van der Waals surface area (Å²) >= 11 is 0. The van der Waals surface area contributed by atoms with Crippen molar-refractivity contribution in [1.29, 1.82) is 0 Å². The predicted octanol–water partition coefficient (Wildman–Crippen LogP) is 3.63. The third-order valence-corrected chi connectivity index (χ3v) is 5.63. The molecule has 6 heteroatoms. The van der Waals surface area contributed by atoms with E-state index in [1.54, 1.807) is 12.1 Å². The molecule has 0 unspecified atom stereocenters. The number of anilines is 1. The first kappa shape index (κ1) is 18.9. The van der Waals surface area contributed by atoms with Crippen LogP contribution in [0.5, 0.6) is 5.75 Å². The molecule has 0 amide bonds. The molecule has 27 heavy (non-hydrogen) atoms. The molecule has 0 heterocycles. The van der Waals surface area contributed by atoms with Crippen molar-refractivity contribution in [2.45, 2.75) is 25.0 Å². The zero-order valence-electron chi connectivity index (χ0n) is 15.1. The van der Waals surface area contributed by atoms with Crippen LogP contribution in [-0.4, -0.2) is 8.42 Å². The Morgan fingerprint density at radius 1 is 0.963 bits per heavy atom. The lowest BCUT2D eigenvalue weighted by Gasteiger charge is -2.11. The fourth-order valence-corrected chi connectivity index (χ4v) is 3.60. The second-order valence-electron chi connectivity index (χ2n) is 6.26. The van der Waals surface area contributed by atoms with Gasteiger partial charge in [-0.15, -0.1) is 0 Å². The second kappa shape index (κ2) is 8.24. The monoisotopic (exact) mass is 382 g/mol. The summed E-state index contributed by atoms with van der Waals surface area (Å²) in [6.07, 6.45) is 0. The smallest absolute Gasteiger partial charge is 0.240 e. The molecule has 0 fully saturated rings. The highest BCUT2D eigenvalue weighted by Crippen LogP contribution is 2.18. The highest BCUT2D eigenvalue weighted by atomic mass is 32.2. The van der Waals surface area contributed by atoms with Gasteiger partial charge < -0.3 is 10.5 Å². The molecule has 0 saturated carbocycles. The van der Waals surface area contributed by atoms with E-state index >= 15 is 0 Å². The van der Waals surface area contributed by atoms with Crippen molar-refractivity contribution >= 4 is 15.7 Å². The van der Waals surface area contributed by atoms with E-state index in [1.807, 2.05) is 55.5 Å². The number of sulfonamides is 1. The maximum Gasteiger partial charge on any atom is 0.240 e. The summed E-state index contributed by atoms with van der Waals surface area (Å²) < 4.78 is 33.2. The number of nitrogens with two attached hydrogens (primary N) is 1. The van der Waals surface area contributed by atoms with Crippen LogP contribution in [0.15, 0.2) is 77.7 Å². The largest absolute Gasteiger partial charge is 0.489 e. The van der Waals surface area contributed by atoms with Crippen LogP contribution in [0.1, 0.15) is 16.7 Å². The van der Waals surface area contributed by atoms with Gasteiger partial charge in [0.2, 0.25) is 10.0 Å². The first-order valence-corrected chi connectivity index (χ1v) is 10.0. The maximum atomic E-state index is 12.4. The highest BCUT2D eigenvalue weighted by molar-refractivity contribution is 7.89. The summed E-state index contributed by atoms with van der Waals surface area (Å²) in [5, 5.41) is 0. The molecule has 3 N–H and O–H groups in total. The van der Waals surface area contributed by atoms with Crippen LogP contribution < -0.4 is 15.2 Å². The molecule has 0 aromatic heterocycles. The molecule has 0 bridgehead atoms. The third kappa shape index (κ3) is 5.09. The van der Waals surface area contributed by atoms with Gasteiger partial charge >= 0.3 is 0 Å². The van der Waals surface area contributed by atoms with Crippen LogP contribution in [0.25, 0.3) is 0 Å². The average Bonchev–Trinajstić information content (AvgIpc) is 2.67. The Labute approximate surface area is 159 Å². The van der Waals surface area contributed by atoms with Crippen LogP contribution >= 0.6 is 0 Å². The van der Waals surface area contributed by atoms with E-state index in [0.29, 0.717) is 18.0 Å². The first-order valence-electron chi connectivity index (χ1n) is 8.55. The molecule has 0 spiro atoms. The van der Waals surface area contributed by atoms with E-state index in [2.05, 4.69) is 4.72 Å². The Hall–Kier alpha value is -2.83. The van der Waals surface area contributed by atoms with Crippen molar-refractivity contribution in [3.63, 3.8) is 0 Å². The van der Waals surface area contributed by atoms with E-state index in [-0.39, 0.29) is 11.4 Å². The van der Waals surface area contributed by atoms with Crippen molar-refractivity contribution in [2.75, 3.05) is 5.73 Å². The number of ether oxygens (including phenoxy) is 1. The number of nitrogen functional groups attached to an aromatic ring is 1. The molecule has 0 atom stereocenters. The molecule has 0 radical (unpaired) electrons. The highest BCUT2D eigenvalue weighted by Gasteiger charge is 2.13. The maximum absolute atomic E-state index is 12.4. The van der Waals surface area contributed by atoms with Crippen LogP contribution in [0.2, 0.25) is 0 Å². The van der Waals surface area contributed by atoms with Crippen molar-refractivity contribution in [1.82, 2.24) is 4.72 Å². The van der Waals surface area contributed by atoms with Gasteiger partial charge in [0.1, 0.15) is 12.4 Å². The van der Waals surface area contributed by atoms with Gasteiger partial charge in [0.25, 0.3) is 0 Å². The Balaban J connectivity index is 1.63. The van der Waals surface area contributed by atoms with Crippen molar-refractivity contribution in [3.8, 4) is 5.75 Å². The number of hydrogen-bond acceptors (Lipinski definition) is 4. The molecule has 3 aromatic rings. The van der Waals surface area contributed by atoms with Crippen LogP contribution in [-0.2, 0) is 23.2 Å². The minimum Gasteiger partial charge on any atom is -0.489 e. The molecule has 0 aliphatic heterocycles. The van der Waals surface area contributed by atoms with Gasteiger partial charge in [0, 0.05) is 12.2 Å². The van der Waals surface area contributed by atoms with Crippen LogP contribution in [0.3, 0.4) is 0 Å². The number of nitrogens with one attached hydrogen (secondary N) is 1. The lowest BCUT2D eigenvalue weighted by Crippen LogP contribution is -2.23. The van der Waals surface area contributed by atoms with E-state index in [4.69, 9.17) is 10.5 Å². The molecule has 3 aromatic carbocycles. The number of aryl methyl sites for hydroxylation is 1. The summed E-state index contributed by atoms with van der Waals surface area (Å²) in [5.41, 5.74) is 9.23. The molecule has 5 nitrogen and oxygen atoms in total. The lowest BCUT2D eigenvalue weighted by atomic mass is 10.1. The average molecular weight is 382 g/mol. The van der Waals surface area contributed by atoms with Gasteiger partial charge in [0.05, 0.1) is 4.90 Å². The summed E-state index contributed by atoms with van der Waals surface area (Å²) in [6, 6.07) is 21.5. The summed E-state index contributed by atoms with van der Waals surface area (Å²) in [4.78, 5) is 0.184. The van der Waals surface area contributed by atoms with E-state index in [0.717, 1.165) is 11.1 Å². The Kier molecular flexibility index (Phi) is 5.78. The molecule has 0 aliphatic carbocycles. The minimum atomic E-state index is -3.60. The van der Waals surface area contributed by atoms with Gasteiger partial charge in [-0.25, -0.2) is 13.1 Å². The number of hydrogen-bond donors (Lipinski definition) is 2. The Morgan fingerprint density at radius 2 is 1.70 bits per heavy atom. The van der Waals surface area contributed by atoms with Crippen molar-refractivity contribution in [3.05, 3.63) is 89.5 Å². The molecule has 0 aliphatic rings. The number of rotatable bonds is 7. The molecule has 0 saturated heterocycles. The van der Waals surface area contributed by atoms with Gasteiger partial charge in [-0.1, -0.05) is 36.4 Å². The normalized spacial score (nSPS) is 11.3. The fraction of sp³-hybridized carbons (Fsp3) is 0.143. The molecule has 140 valence electrons. The summed E-state index contributed by atoms with van der Waals surface area (Å²) in [5.74, 6) is 0.697. The quantitative estimate of drug-likeness (QED) is 0.611. The Bertz CT molecular complexity index is 1020. The van der Waals surface area contributed by atoms with Gasteiger partial charge in [0.15, 0.2) is 0 Å². The number of benzene rings is 3. The Morgan fingerprint density at radius 3 is 2.44 bits per heavy atom. The van der Waals surface area contributed by atoms with E-state index < -0.39 is 10.0 Å². The summed E-state index contributed by atoms with van der Waals surface area (Å²) in [7, 11) is -3.60. The van der Waals surface area contributed by atoms with Gasteiger partial charge in [-0.3, -0.25) is 0 Å². The molecular weight excluding hydrogens is 360 g/mol. The van der Waals surface area contributed by atoms with Crippen molar-refractivity contribution < 1.29 is 13.2 Å². The minimum absolute atomic E-state index is 0.175. The predicted molar refractivity (Wildman–Crippen MR) is 107 cm³/mol. The topological polar surface area (TPSA) is 81.4 Å². The zero-order chi connectivity index (χ0) is 19.3. The van der Waals surface area contributed by atoms with Gasteiger partial charge in [-0.2, -0.15) is 0 Å². The molecular formula is C21H22N2O3S. The lowest BCUT2D eigenvalue weighted by molar-refractivity contribution is 0.305. The standard InChI is InChI=1S/C21H22N2O3S/c1-16-5-2-3-7-18(16)15-26-20-8-4-6-17(13-20)14-23-27(24,25)21-11-9-19(22)10-12-21/h2-13,23H,14-15,22H2,1H3. The molecule has 3 rings (SSSR count). The second-order valence-corrected chi connectivity index (χ2v) is 8.02. The zero-order valence-corrected chi connectivity index (χ0v) is 15.9. The summed E-state index contributed by atoms with van der Waals surface area (Å²) in [6.45, 7) is 2.68. The van der Waals surface area contributed by atoms with Crippen LogP contribution in [0, 0.1) is 6.92 Å².